The van der Waals surface area contributed by atoms with Gasteiger partial charge in [-0.3, -0.25) is 4.79 Å². The van der Waals surface area contributed by atoms with Crippen molar-refractivity contribution in [3.8, 4) is 0 Å². The highest BCUT2D eigenvalue weighted by atomic mass is 32.2. The van der Waals surface area contributed by atoms with Crippen LogP contribution in [0.2, 0.25) is 0 Å². The third-order valence-corrected chi connectivity index (χ3v) is 3.50. The molecule has 0 atom stereocenters. The average Bonchev–Trinajstić information content (AvgIpc) is 2.34. The van der Waals surface area contributed by atoms with E-state index in [0.29, 0.717) is 0 Å². The van der Waals surface area contributed by atoms with Crippen LogP contribution in [0.4, 0.5) is 5.69 Å². The molecule has 0 aliphatic heterocycles. The molecule has 0 radical (unpaired) electrons. The van der Waals surface area contributed by atoms with Crippen molar-refractivity contribution in [2.75, 3.05) is 24.0 Å². The van der Waals surface area contributed by atoms with Crippen LogP contribution >= 0.6 is 0 Å². The molecule has 19 heavy (non-hydrogen) atoms. The predicted molar refractivity (Wildman–Crippen MR) is 71.1 cm³/mol. The lowest BCUT2D eigenvalue weighted by atomic mass is 10.1. The molecule has 0 bridgehead atoms. The molecule has 0 spiro atoms. The predicted octanol–water partition coefficient (Wildman–Crippen LogP) is 0.782. The molecule has 0 fully saturated rings. The van der Waals surface area contributed by atoms with Crippen LogP contribution in [-0.2, 0) is 14.6 Å². The standard InChI is InChI=1S/C12H15NO5S/c1-13(11(14)7-8-19(2,17)18)10-6-4-3-5-9(10)12(15)16/h3-6H,7-8H2,1-2H3,(H,15,16). The van der Waals surface area contributed by atoms with E-state index < -0.39 is 21.7 Å². The minimum absolute atomic E-state index is 0.00212. The number of para-hydroxylation sites is 1. The van der Waals surface area contributed by atoms with Gasteiger partial charge in [0.15, 0.2) is 0 Å². The van der Waals surface area contributed by atoms with Gasteiger partial charge in [0.2, 0.25) is 5.91 Å². The second-order valence-corrected chi connectivity index (χ2v) is 6.41. The first-order chi connectivity index (χ1) is 8.72. The summed E-state index contributed by atoms with van der Waals surface area (Å²) in [5, 5.41) is 9.02. The Morgan fingerprint density at radius 1 is 1.26 bits per heavy atom. The van der Waals surface area contributed by atoms with Crippen LogP contribution in [0.3, 0.4) is 0 Å². The van der Waals surface area contributed by atoms with Gasteiger partial charge in [0.05, 0.1) is 17.0 Å². The summed E-state index contributed by atoms with van der Waals surface area (Å²) >= 11 is 0. The molecule has 0 aliphatic carbocycles. The molecule has 0 aliphatic rings. The summed E-state index contributed by atoms with van der Waals surface area (Å²) in [6, 6.07) is 6.06. The number of rotatable bonds is 5. The minimum Gasteiger partial charge on any atom is -0.478 e. The largest absolute Gasteiger partial charge is 0.478 e. The van der Waals surface area contributed by atoms with Crippen molar-refractivity contribution < 1.29 is 23.1 Å². The van der Waals surface area contributed by atoms with Gasteiger partial charge < -0.3 is 10.0 Å². The molecule has 1 amide bonds. The lowest BCUT2D eigenvalue weighted by Crippen LogP contribution is -2.29. The Morgan fingerprint density at radius 3 is 2.37 bits per heavy atom. The zero-order chi connectivity index (χ0) is 14.6. The van der Waals surface area contributed by atoms with Crippen molar-refractivity contribution in [3.05, 3.63) is 29.8 Å². The van der Waals surface area contributed by atoms with Gasteiger partial charge >= 0.3 is 5.97 Å². The van der Waals surface area contributed by atoms with Gasteiger partial charge in [0.25, 0.3) is 0 Å². The first-order valence-corrected chi connectivity index (χ1v) is 7.55. The van der Waals surface area contributed by atoms with E-state index in [9.17, 15) is 18.0 Å². The summed E-state index contributed by atoms with van der Waals surface area (Å²) in [6.45, 7) is 0. The number of nitrogens with zero attached hydrogens (tertiary/aromatic N) is 1. The van der Waals surface area contributed by atoms with Crippen molar-refractivity contribution in [2.24, 2.45) is 0 Å². The third kappa shape index (κ3) is 4.36. The van der Waals surface area contributed by atoms with E-state index >= 15 is 0 Å². The number of carboxylic acids is 1. The third-order valence-electron chi connectivity index (χ3n) is 2.56. The van der Waals surface area contributed by atoms with Gasteiger partial charge in [-0.2, -0.15) is 0 Å². The van der Waals surface area contributed by atoms with E-state index in [2.05, 4.69) is 0 Å². The van der Waals surface area contributed by atoms with Gasteiger partial charge in [0.1, 0.15) is 9.84 Å². The smallest absolute Gasteiger partial charge is 0.337 e. The average molecular weight is 285 g/mol. The van der Waals surface area contributed by atoms with Gasteiger partial charge in [0, 0.05) is 19.7 Å². The van der Waals surface area contributed by atoms with Crippen LogP contribution in [0.5, 0.6) is 0 Å². The lowest BCUT2D eigenvalue weighted by Gasteiger charge is -2.19. The van der Waals surface area contributed by atoms with Crippen molar-refractivity contribution >= 4 is 27.4 Å². The summed E-state index contributed by atoms with van der Waals surface area (Å²) < 4.78 is 22.0. The molecule has 0 aromatic heterocycles. The fourth-order valence-corrected chi connectivity index (χ4v) is 2.07. The highest BCUT2D eigenvalue weighted by Crippen LogP contribution is 2.19. The molecule has 0 unspecified atom stereocenters. The fourth-order valence-electron chi connectivity index (χ4n) is 1.52. The Labute approximate surface area is 111 Å². The van der Waals surface area contributed by atoms with Gasteiger partial charge in [-0.15, -0.1) is 0 Å². The second kappa shape index (κ2) is 5.83. The first kappa shape index (κ1) is 15.2. The van der Waals surface area contributed by atoms with Gasteiger partial charge in [-0.25, -0.2) is 13.2 Å². The van der Waals surface area contributed by atoms with Gasteiger partial charge in [-0.05, 0) is 12.1 Å². The van der Waals surface area contributed by atoms with Crippen LogP contribution in [0.25, 0.3) is 0 Å². The Balaban J connectivity index is 2.91. The number of hydrogen-bond donors (Lipinski definition) is 1. The maximum atomic E-state index is 11.8. The van der Waals surface area contributed by atoms with E-state index in [1.54, 1.807) is 12.1 Å². The van der Waals surface area contributed by atoms with Crippen LogP contribution in [0, 0.1) is 0 Å². The van der Waals surface area contributed by atoms with E-state index in [0.717, 1.165) is 11.2 Å². The number of carboxylic acid groups (broad SMARTS) is 1. The Morgan fingerprint density at radius 2 is 1.84 bits per heavy atom. The van der Waals surface area contributed by atoms with E-state index in [1.807, 2.05) is 0 Å². The number of sulfone groups is 1. The molecule has 104 valence electrons. The van der Waals surface area contributed by atoms with E-state index in [4.69, 9.17) is 5.11 Å². The molecule has 1 aromatic carbocycles. The monoisotopic (exact) mass is 285 g/mol. The zero-order valence-electron chi connectivity index (χ0n) is 10.7. The summed E-state index contributed by atoms with van der Waals surface area (Å²) in [7, 11) is -1.80. The highest BCUT2D eigenvalue weighted by molar-refractivity contribution is 7.90. The van der Waals surface area contributed by atoms with E-state index in [-0.39, 0.29) is 23.4 Å². The molecular formula is C12H15NO5S. The van der Waals surface area contributed by atoms with Gasteiger partial charge in [-0.1, -0.05) is 12.1 Å². The van der Waals surface area contributed by atoms with Crippen LogP contribution < -0.4 is 4.90 Å². The topological polar surface area (TPSA) is 91.8 Å². The normalized spacial score (nSPS) is 11.1. The molecule has 1 aromatic rings. The maximum Gasteiger partial charge on any atom is 0.337 e. The fraction of sp³-hybridized carbons (Fsp3) is 0.333. The number of benzene rings is 1. The van der Waals surface area contributed by atoms with Crippen LogP contribution in [0.15, 0.2) is 24.3 Å². The van der Waals surface area contributed by atoms with Crippen molar-refractivity contribution in [2.45, 2.75) is 6.42 Å². The van der Waals surface area contributed by atoms with E-state index in [1.165, 1.54) is 19.2 Å². The number of aromatic carboxylic acids is 1. The number of hydrogen-bond acceptors (Lipinski definition) is 4. The summed E-state index contributed by atoms with van der Waals surface area (Å²) in [5.41, 5.74) is 0.242. The van der Waals surface area contributed by atoms with Crippen molar-refractivity contribution in [1.82, 2.24) is 0 Å². The molecule has 1 rings (SSSR count). The number of carbonyl (C=O) groups excluding carboxylic acids is 1. The summed E-state index contributed by atoms with van der Waals surface area (Å²) in [6.07, 6.45) is 0.870. The van der Waals surface area contributed by atoms with Crippen molar-refractivity contribution in [1.29, 1.82) is 0 Å². The maximum absolute atomic E-state index is 11.8. The number of amides is 1. The molecule has 1 N–H and O–H groups in total. The molecule has 7 heteroatoms. The first-order valence-electron chi connectivity index (χ1n) is 5.49. The second-order valence-electron chi connectivity index (χ2n) is 4.15. The SMILES string of the molecule is CN(C(=O)CCS(C)(=O)=O)c1ccccc1C(=O)O. The summed E-state index contributed by atoms with van der Waals surface area (Å²) in [4.78, 5) is 24.0. The molecule has 6 nitrogen and oxygen atoms in total. The minimum atomic E-state index is -3.23. The highest BCUT2D eigenvalue weighted by Gasteiger charge is 2.18. The number of anilines is 1. The zero-order valence-corrected chi connectivity index (χ0v) is 11.5. The molecular weight excluding hydrogens is 270 g/mol. The lowest BCUT2D eigenvalue weighted by molar-refractivity contribution is -0.117. The Bertz CT molecular complexity index is 594. The quantitative estimate of drug-likeness (QED) is 0.863. The molecule has 0 saturated carbocycles. The Kier molecular flexibility index (Phi) is 4.66. The van der Waals surface area contributed by atoms with Crippen LogP contribution in [0.1, 0.15) is 16.8 Å². The summed E-state index contributed by atoms with van der Waals surface area (Å²) in [5.74, 6) is -1.84. The molecule has 0 saturated heterocycles. The molecule has 0 heterocycles. The van der Waals surface area contributed by atoms with Crippen molar-refractivity contribution in [3.63, 3.8) is 0 Å². The van der Waals surface area contributed by atoms with Crippen LogP contribution in [-0.4, -0.2) is 44.5 Å². The number of carbonyl (C=O) groups is 2. The Hall–Kier alpha value is -1.89.